The number of nitrogens with one attached hydrogen (secondary N) is 1. The van der Waals surface area contributed by atoms with Gasteiger partial charge in [0.2, 0.25) is 0 Å². The molecule has 1 fully saturated rings. The predicted octanol–water partition coefficient (Wildman–Crippen LogP) is 1.44. The number of aromatic nitrogens is 2. The maximum absolute atomic E-state index is 13.3. The Morgan fingerprint density at radius 2 is 2.10 bits per heavy atom. The molecule has 9 heteroatoms. The van der Waals surface area contributed by atoms with Crippen LogP contribution in [0.3, 0.4) is 0 Å². The third-order valence-corrected chi connectivity index (χ3v) is 5.36. The van der Waals surface area contributed by atoms with Gasteiger partial charge in [0.1, 0.15) is 23.1 Å². The molecule has 9 nitrogen and oxygen atoms in total. The molecule has 0 unspecified atom stereocenters. The smallest absolute Gasteiger partial charge is 0.309 e. The lowest BCUT2D eigenvalue weighted by Gasteiger charge is -2.32. The second kappa shape index (κ2) is 9.43. The van der Waals surface area contributed by atoms with Crippen LogP contribution in [0.2, 0.25) is 0 Å². The molecule has 31 heavy (non-hydrogen) atoms. The molecule has 2 aromatic heterocycles. The molecule has 3 rings (SSSR count). The number of nitrogens with zero attached hydrogens (tertiary/aromatic N) is 4. The molecule has 0 radical (unpaired) electrons. The molecule has 1 N–H and O–H groups in total. The van der Waals surface area contributed by atoms with Crippen LogP contribution in [0, 0.1) is 24.2 Å². The molecule has 0 bridgehead atoms. The minimum Gasteiger partial charge on any atom is -0.466 e. The fourth-order valence-electron chi connectivity index (χ4n) is 3.68. The maximum atomic E-state index is 13.3. The number of carbonyl (C=O) groups is 2. The van der Waals surface area contributed by atoms with E-state index in [2.05, 4.69) is 5.32 Å². The van der Waals surface area contributed by atoms with Crippen LogP contribution in [-0.2, 0) is 14.3 Å². The van der Waals surface area contributed by atoms with Crippen molar-refractivity contribution in [2.75, 3.05) is 31.6 Å². The van der Waals surface area contributed by atoms with Crippen molar-refractivity contribution in [1.82, 2.24) is 14.7 Å². The Balaban J connectivity index is 2.10. The van der Waals surface area contributed by atoms with Gasteiger partial charge in [-0.2, -0.15) is 5.26 Å². The number of pyridine rings is 1. The van der Waals surface area contributed by atoms with Crippen LogP contribution in [-0.4, -0.2) is 48.0 Å². The number of aryl methyl sites for hydroxylation is 1. The molecular formula is C22H25N5O4. The highest BCUT2D eigenvalue weighted by Crippen LogP contribution is 2.26. The number of carbonyl (C=O) groups excluding carboxylic acids is 2. The van der Waals surface area contributed by atoms with Gasteiger partial charge in [0, 0.05) is 26.3 Å². The van der Waals surface area contributed by atoms with Gasteiger partial charge in [0.25, 0.3) is 11.5 Å². The van der Waals surface area contributed by atoms with Crippen molar-refractivity contribution in [2.24, 2.45) is 5.92 Å². The first-order valence-electron chi connectivity index (χ1n) is 10.2. The number of esters is 1. The Morgan fingerprint density at radius 1 is 1.39 bits per heavy atom. The minimum atomic E-state index is -0.580. The number of hydrogen-bond donors (Lipinski definition) is 1. The summed E-state index contributed by atoms with van der Waals surface area (Å²) in [6.07, 6.45) is 4.03. The Bertz CT molecular complexity index is 1140. The molecular weight excluding hydrogens is 398 g/mol. The molecule has 0 aromatic carbocycles. The number of ether oxygens (including phenoxy) is 1. The lowest BCUT2D eigenvalue weighted by Crippen LogP contribution is -2.39. The van der Waals surface area contributed by atoms with E-state index in [1.165, 1.54) is 17.5 Å². The first-order valence-corrected chi connectivity index (χ1v) is 10.2. The molecule has 0 spiro atoms. The summed E-state index contributed by atoms with van der Waals surface area (Å²) in [6, 6.07) is 5.45. The molecule has 1 aliphatic heterocycles. The van der Waals surface area contributed by atoms with Crippen molar-refractivity contribution in [3.63, 3.8) is 0 Å². The van der Waals surface area contributed by atoms with Crippen molar-refractivity contribution in [1.29, 1.82) is 5.26 Å². The number of fused-ring (bicyclic) bond motifs is 1. The van der Waals surface area contributed by atoms with Crippen LogP contribution in [0.4, 0.5) is 5.82 Å². The summed E-state index contributed by atoms with van der Waals surface area (Å²) < 4.78 is 6.54. The SMILES string of the molecule is CCOC(=O)C1CCN(c2nc3c(C)cccn3c(=O)c2C=C(C#N)C(=O)NC)CC1. The lowest BCUT2D eigenvalue weighted by molar-refractivity contribution is -0.148. The van der Waals surface area contributed by atoms with E-state index in [1.54, 1.807) is 19.2 Å². The summed E-state index contributed by atoms with van der Waals surface area (Å²) in [6.45, 7) is 4.98. The van der Waals surface area contributed by atoms with Gasteiger partial charge >= 0.3 is 5.97 Å². The van der Waals surface area contributed by atoms with Gasteiger partial charge in [0.15, 0.2) is 0 Å². The Morgan fingerprint density at radius 3 is 2.71 bits per heavy atom. The van der Waals surface area contributed by atoms with Crippen molar-refractivity contribution in [3.05, 3.63) is 45.4 Å². The van der Waals surface area contributed by atoms with Crippen LogP contribution in [0.15, 0.2) is 28.7 Å². The average Bonchev–Trinajstić information content (AvgIpc) is 2.78. The average molecular weight is 423 g/mol. The molecule has 0 saturated carbocycles. The molecule has 0 atom stereocenters. The first-order chi connectivity index (χ1) is 14.9. The molecule has 162 valence electrons. The summed E-state index contributed by atoms with van der Waals surface area (Å²) in [5, 5.41) is 11.8. The van der Waals surface area contributed by atoms with Gasteiger partial charge in [-0.05, 0) is 44.4 Å². The number of nitriles is 1. The number of piperidine rings is 1. The zero-order chi connectivity index (χ0) is 22.5. The number of likely N-dealkylation sites (N-methyl/N-ethyl adjacent to an activating group) is 1. The topological polar surface area (TPSA) is 117 Å². The van der Waals surface area contributed by atoms with E-state index < -0.39 is 5.91 Å². The number of hydrogen-bond acceptors (Lipinski definition) is 7. The van der Waals surface area contributed by atoms with E-state index >= 15 is 0 Å². The highest BCUT2D eigenvalue weighted by Gasteiger charge is 2.29. The molecule has 3 heterocycles. The van der Waals surface area contributed by atoms with E-state index in [0.717, 1.165) is 5.56 Å². The van der Waals surface area contributed by atoms with E-state index in [0.29, 0.717) is 44.0 Å². The van der Waals surface area contributed by atoms with Gasteiger partial charge < -0.3 is 15.0 Å². The van der Waals surface area contributed by atoms with E-state index in [-0.39, 0.29) is 28.6 Å². The Labute approximate surface area is 179 Å². The van der Waals surface area contributed by atoms with Crippen molar-refractivity contribution in [3.8, 4) is 6.07 Å². The summed E-state index contributed by atoms with van der Waals surface area (Å²) in [4.78, 5) is 44.1. The molecule has 2 aromatic rings. The monoisotopic (exact) mass is 423 g/mol. The van der Waals surface area contributed by atoms with E-state index in [4.69, 9.17) is 9.72 Å². The fraction of sp³-hybridized carbons (Fsp3) is 0.409. The fourth-order valence-corrected chi connectivity index (χ4v) is 3.68. The zero-order valence-electron chi connectivity index (χ0n) is 17.8. The first kappa shape index (κ1) is 22.0. The van der Waals surface area contributed by atoms with E-state index in [1.807, 2.05) is 24.0 Å². The largest absolute Gasteiger partial charge is 0.466 e. The standard InChI is InChI=1S/C22H25N5O4/c1-4-31-22(30)15-7-10-26(11-8-15)19-17(12-16(13-23)20(28)24-3)21(29)27-9-5-6-14(2)18(27)25-19/h5-6,9,12,15H,4,7-8,10-11H2,1-3H3,(H,24,28). The van der Waals surface area contributed by atoms with Crippen LogP contribution < -0.4 is 15.8 Å². The molecule has 1 aliphatic rings. The quantitative estimate of drug-likeness (QED) is 0.439. The maximum Gasteiger partial charge on any atom is 0.309 e. The van der Waals surface area contributed by atoms with Crippen LogP contribution in [0.25, 0.3) is 11.7 Å². The normalized spacial score (nSPS) is 14.9. The highest BCUT2D eigenvalue weighted by atomic mass is 16.5. The van der Waals surface area contributed by atoms with Gasteiger partial charge in [0.05, 0.1) is 18.1 Å². The third-order valence-electron chi connectivity index (χ3n) is 5.36. The second-order valence-electron chi connectivity index (χ2n) is 7.30. The second-order valence-corrected chi connectivity index (χ2v) is 7.30. The van der Waals surface area contributed by atoms with E-state index in [9.17, 15) is 19.6 Å². The summed E-state index contributed by atoms with van der Waals surface area (Å²) in [5.74, 6) is -0.587. The molecule has 0 aliphatic carbocycles. The van der Waals surface area contributed by atoms with Gasteiger partial charge in [-0.15, -0.1) is 0 Å². The minimum absolute atomic E-state index is 0.165. The molecule has 1 saturated heterocycles. The lowest BCUT2D eigenvalue weighted by atomic mass is 9.96. The third kappa shape index (κ3) is 4.43. The Hall–Kier alpha value is -3.67. The highest BCUT2D eigenvalue weighted by molar-refractivity contribution is 6.02. The van der Waals surface area contributed by atoms with Gasteiger partial charge in [-0.1, -0.05) is 6.07 Å². The van der Waals surface area contributed by atoms with Gasteiger partial charge in [-0.3, -0.25) is 18.8 Å². The summed E-state index contributed by atoms with van der Waals surface area (Å²) in [5.41, 5.74) is 0.942. The number of amides is 1. The zero-order valence-corrected chi connectivity index (χ0v) is 17.8. The Kier molecular flexibility index (Phi) is 6.70. The van der Waals surface area contributed by atoms with Crippen LogP contribution in [0.5, 0.6) is 0 Å². The predicted molar refractivity (Wildman–Crippen MR) is 115 cm³/mol. The van der Waals surface area contributed by atoms with Crippen molar-refractivity contribution in [2.45, 2.75) is 26.7 Å². The number of rotatable bonds is 5. The van der Waals surface area contributed by atoms with Crippen molar-refractivity contribution >= 4 is 29.4 Å². The summed E-state index contributed by atoms with van der Waals surface area (Å²) >= 11 is 0. The van der Waals surface area contributed by atoms with Gasteiger partial charge in [-0.25, -0.2) is 4.98 Å². The van der Waals surface area contributed by atoms with Crippen molar-refractivity contribution < 1.29 is 14.3 Å². The summed E-state index contributed by atoms with van der Waals surface area (Å²) in [7, 11) is 1.42. The van der Waals surface area contributed by atoms with Crippen LogP contribution >= 0.6 is 0 Å². The van der Waals surface area contributed by atoms with Crippen LogP contribution in [0.1, 0.15) is 30.9 Å². The number of anilines is 1. The molecule has 1 amide bonds.